The summed E-state index contributed by atoms with van der Waals surface area (Å²) in [7, 11) is 1.63. The van der Waals surface area contributed by atoms with E-state index >= 15 is 0 Å². The number of Topliss-reactive ketones (excluding diaryl/α,β-unsaturated/α-hetero) is 2. The van der Waals surface area contributed by atoms with Crippen LogP contribution in [0.3, 0.4) is 0 Å². The molecule has 84 valence electrons. The summed E-state index contributed by atoms with van der Waals surface area (Å²) in [5.41, 5.74) is 6.85. The number of hydrogen-bond acceptors (Lipinski definition) is 5. The van der Waals surface area contributed by atoms with Crippen LogP contribution in [-0.2, 0) is 4.79 Å². The Hall–Kier alpha value is -1.56. The predicted octanol–water partition coefficient (Wildman–Crippen LogP) is -0.374. The zero-order valence-corrected chi connectivity index (χ0v) is 8.88. The number of carbonyl (C=O) groups excluding carboxylic acids is 2. The Morgan fingerprint density at radius 3 is 2.50 bits per heavy atom. The molecule has 0 bridgehead atoms. The van der Waals surface area contributed by atoms with E-state index in [0.29, 0.717) is 11.1 Å². The molecule has 0 saturated carbocycles. The highest BCUT2D eigenvalue weighted by atomic mass is 16.2. The molecule has 5 heteroatoms. The maximum atomic E-state index is 11.7. The molecular formula is C11H13N3O2. The molecule has 1 aliphatic carbocycles. The Labute approximate surface area is 93.0 Å². The number of ketones is 2. The first-order valence-corrected chi connectivity index (χ1v) is 4.94. The van der Waals surface area contributed by atoms with Crippen molar-refractivity contribution in [3.8, 4) is 0 Å². The van der Waals surface area contributed by atoms with E-state index in [0.717, 1.165) is 0 Å². The number of hydrazine groups is 1. The van der Waals surface area contributed by atoms with E-state index in [4.69, 9.17) is 11.6 Å². The minimum atomic E-state index is -0.891. The summed E-state index contributed by atoms with van der Waals surface area (Å²) in [5.74, 6) is 4.56. The summed E-state index contributed by atoms with van der Waals surface area (Å²) in [5, 5.41) is 1.37. The van der Waals surface area contributed by atoms with Gasteiger partial charge in [-0.25, -0.2) is 5.01 Å². The van der Waals surface area contributed by atoms with Gasteiger partial charge in [-0.2, -0.15) is 0 Å². The van der Waals surface area contributed by atoms with Crippen molar-refractivity contribution in [2.75, 3.05) is 7.05 Å². The summed E-state index contributed by atoms with van der Waals surface area (Å²) < 4.78 is 0. The predicted molar refractivity (Wildman–Crippen MR) is 58.4 cm³/mol. The minimum absolute atomic E-state index is 0.400. The van der Waals surface area contributed by atoms with Gasteiger partial charge in [0.2, 0.25) is 11.6 Å². The van der Waals surface area contributed by atoms with Crippen molar-refractivity contribution in [1.82, 2.24) is 5.01 Å². The monoisotopic (exact) mass is 219 g/mol. The number of fused-ring (bicyclic) bond motifs is 1. The molecule has 0 radical (unpaired) electrons. The van der Waals surface area contributed by atoms with Gasteiger partial charge >= 0.3 is 0 Å². The summed E-state index contributed by atoms with van der Waals surface area (Å²) in [6, 6.07) is 5.57. The Balaban J connectivity index is 2.61. The van der Waals surface area contributed by atoms with Crippen LogP contribution in [0.25, 0.3) is 0 Å². The number of likely N-dealkylation sites (N-methyl/N-ethyl adjacent to an activating group) is 1. The molecule has 4 N–H and O–H groups in total. The lowest BCUT2D eigenvalue weighted by atomic mass is 9.82. The van der Waals surface area contributed by atoms with Crippen LogP contribution < -0.4 is 11.6 Å². The smallest absolute Gasteiger partial charge is 0.230 e. The normalized spacial score (nSPS) is 24.8. The zero-order chi connectivity index (χ0) is 11.9. The third kappa shape index (κ3) is 1.46. The van der Waals surface area contributed by atoms with Gasteiger partial charge in [0.15, 0.2) is 0 Å². The fourth-order valence-corrected chi connectivity index (χ4v) is 2.06. The fourth-order valence-electron chi connectivity index (χ4n) is 2.06. The fraction of sp³-hybridized carbons (Fsp3) is 0.273. The Bertz CT molecular complexity index is 456. The molecule has 2 unspecified atom stereocenters. The van der Waals surface area contributed by atoms with Crippen LogP contribution in [0.15, 0.2) is 24.3 Å². The number of carbonyl (C=O) groups is 2. The molecule has 0 aromatic heterocycles. The van der Waals surface area contributed by atoms with Gasteiger partial charge in [0.05, 0.1) is 12.1 Å². The highest BCUT2D eigenvalue weighted by Crippen LogP contribution is 2.29. The largest absolute Gasteiger partial charge is 0.319 e. The summed E-state index contributed by atoms with van der Waals surface area (Å²) in [6.07, 6.45) is 0. The highest BCUT2D eigenvalue weighted by Gasteiger charge is 2.40. The molecule has 2 atom stereocenters. The first kappa shape index (κ1) is 10.9. The zero-order valence-electron chi connectivity index (χ0n) is 8.88. The van der Waals surface area contributed by atoms with Crippen LogP contribution in [0.1, 0.15) is 22.0 Å². The third-order valence-corrected chi connectivity index (χ3v) is 2.83. The van der Waals surface area contributed by atoms with E-state index in [9.17, 15) is 9.59 Å². The Kier molecular flexibility index (Phi) is 2.59. The van der Waals surface area contributed by atoms with E-state index in [1.165, 1.54) is 5.01 Å². The van der Waals surface area contributed by atoms with E-state index < -0.39 is 23.7 Å². The number of nitrogens with two attached hydrogens (primary N) is 2. The van der Waals surface area contributed by atoms with Crippen molar-refractivity contribution < 1.29 is 9.59 Å². The topological polar surface area (TPSA) is 89.4 Å². The van der Waals surface area contributed by atoms with Gasteiger partial charge in [-0.15, -0.1) is 0 Å². The first-order chi connectivity index (χ1) is 7.54. The van der Waals surface area contributed by atoms with Crippen LogP contribution in [0.4, 0.5) is 0 Å². The van der Waals surface area contributed by atoms with Gasteiger partial charge in [-0.05, 0) is 5.56 Å². The van der Waals surface area contributed by atoms with Gasteiger partial charge in [-0.3, -0.25) is 15.4 Å². The molecule has 1 aromatic rings. The lowest BCUT2D eigenvalue weighted by Crippen LogP contribution is -2.52. The van der Waals surface area contributed by atoms with Gasteiger partial charge in [0.1, 0.15) is 0 Å². The molecule has 0 heterocycles. The van der Waals surface area contributed by atoms with E-state index in [1.807, 2.05) is 0 Å². The molecule has 0 fully saturated rings. The van der Waals surface area contributed by atoms with Gasteiger partial charge < -0.3 is 5.73 Å². The van der Waals surface area contributed by atoms with Crippen molar-refractivity contribution in [3.05, 3.63) is 35.4 Å². The molecule has 1 aromatic carbocycles. The minimum Gasteiger partial charge on any atom is -0.319 e. The maximum absolute atomic E-state index is 11.7. The summed E-state index contributed by atoms with van der Waals surface area (Å²) in [6.45, 7) is 0. The van der Waals surface area contributed by atoms with Gasteiger partial charge in [0, 0.05) is 12.6 Å². The van der Waals surface area contributed by atoms with Gasteiger partial charge in [0.25, 0.3) is 0 Å². The van der Waals surface area contributed by atoms with E-state index in [-0.39, 0.29) is 0 Å². The SMILES string of the molecule is CN(N)C1c2ccccc2C(=O)C(=O)C1N. The second kappa shape index (κ2) is 3.79. The second-order valence-corrected chi connectivity index (χ2v) is 3.92. The number of hydrogen-bond donors (Lipinski definition) is 2. The second-order valence-electron chi connectivity index (χ2n) is 3.92. The number of benzene rings is 1. The summed E-state index contributed by atoms with van der Waals surface area (Å²) in [4.78, 5) is 23.4. The standard InChI is InChI=1S/C11H13N3O2/c1-14(13)9-6-4-2-3-5-7(6)10(15)11(16)8(9)12/h2-5,8-9H,12-13H2,1H3. The molecule has 0 amide bonds. The Morgan fingerprint density at radius 2 is 1.88 bits per heavy atom. The molecular weight excluding hydrogens is 206 g/mol. The lowest BCUT2D eigenvalue weighted by Gasteiger charge is -2.33. The van der Waals surface area contributed by atoms with Crippen molar-refractivity contribution in [2.24, 2.45) is 11.6 Å². The lowest BCUT2D eigenvalue weighted by molar-refractivity contribution is -0.118. The maximum Gasteiger partial charge on any atom is 0.230 e. The highest BCUT2D eigenvalue weighted by molar-refractivity contribution is 6.46. The van der Waals surface area contributed by atoms with Crippen molar-refractivity contribution in [3.63, 3.8) is 0 Å². The van der Waals surface area contributed by atoms with Crippen molar-refractivity contribution >= 4 is 11.6 Å². The van der Waals surface area contributed by atoms with Crippen LogP contribution in [0, 0.1) is 0 Å². The molecule has 0 spiro atoms. The number of nitrogens with zero attached hydrogens (tertiary/aromatic N) is 1. The molecule has 0 aliphatic heterocycles. The van der Waals surface area contributed by atoms with Crippen molar-refractivity contribution in [2.45, 2.75) is 12.1 Å². The van der Waals surface area contributed by atoms with Crippen molar-refractivity contribution in [1.29, 1.82) is 0 Å². The molecule has 0 saturated heterocycles. The molecule has 1 aliphatic rings. The first-order valence-electron chi connectivity index (χ1n) is 4.94. The molecule has 16 heavy (non-hydrogen) atoms. The Morgan fingerprint density at radius 1 is 1.25 bits per heavy atom. The number of rotatable bonds is 1. The van der Waals surface area contributed by atoms with E-state index in [2.05, 4.69) is 0 Å². The van der Waals surface area contributed by atoms with Gasteiger partial charge in [-0.1, -0.05) is 24.3 Å². The summed E-state index contributed by atoms with van der Waals surface area (Å²) >= 11 is 0. The third-order valence-electron chi connectivity index (χ3n) is 2.83. The van der Waals surface area contributed by atoms with Crippen LogP contribution >= 0.6 is 0 Å². The van der Waals surface area contributed by atoms with Crippen LogP contribution in [-0.4, -0.2) is 29.7 Å². The van der Waals surface area contributed by atoms with Crippen LogP contribution in [0.5, 0.6) is 0 Å². The van der Waals surface area contributed by atoms with E-state index in [1.54, 1.807) is 31.3 Å². The molecule has 5 nitrogen and oxygen atoms in total. The molecule has 2 rings (SSSR count). The van der Waals surface area contributed by atoms with Crippen LogP contribution in [0.2, 0.25) is 0 Å². The quantitative estimate of drug-likeness (QED) is 0.382. The average molecular weight is 219 g/mol. The average Bonchev–Trinajstić information content (AvgIpc) is 2.26.